The van der Waals surface area contributed by atoms with Gasteiger partial charge < -0.3 is 9.64 Å². The molecule has 1 aliphatic heterocycles. The van der Waals surface area contributed by atoms with Gasteiger partial charge >= 0.3 is 0 Å². The van der Waals surface area contributed by atoms with Gasteiger partial charge in [-0.3, -0.25) is 4.90 Å². The van der Waals surface area contributed by atoms with E-state index in [2.05, 4.69) is 36.9 Å². The highest BCUT2D eigenvalue weighted by molar-refractivity contribution is 5.08. The van der Waals surface area contributed by atoms with Crippen molar-refractivity contribution in [2.24, 2.45) is 5.92 Å². The van der Waals surface area contributed by atoms with Gasteiger partial charge in [0, 0.05) is 32.3 Å². The minimum atomic E-state index is 0.649. The Morgan fingerprint density at radius 3 is 2.95 bits per heavy atom. The van der Waals surface area contributed by atoms with Crippen LogP contribution in [0.5, 0.6) is 0 Å². The molecule has 1 heterocycles. The molecule has 1 saturated heterocycles. The highest BCUT2D eigenvalue weighted by Gasteiger charge is 2.20. The number of hydrogen-bond acceptors (Lipinski definition) is 3. The molecule has 2 unspecified atom stereocenters. The molecule has 0 radical (unpaired) electrons. The molecule has 3 heteroatoms. The summed E-state index contributed by atoms with van der Waals surface area (Å²) in [5.41, 5.74) is 1.65. The van der Waals surface area contributed by atoms with E-state index in [-0.39, 0.29) is 0 Å². The summed E-state index contributed by atoms with van der Waals surface area (Å²) < 4.78 is 5.57. The molecule has 1 fully saturated rings. The largest absolute Gasteiger partial charge is 0.380 e. The fourth-order valence-electron chi connectivity index (χ4n) is 3.10. The Morgan fingerprint density at radius 1 is 1.37 bits per heavy atom. The number of allylic oxidation sites excluding steroid dienone is 1. The van der Waals surface area contributed by atoms with E-state index in [1.807, 2.05) is 0 Å². The Morgan fingerprint density at radius 2 is 2.21 bits per heavy atom. The van der Waals surface area contributed by atoms with Crippen molar-refractivity contribution in [2.75, 3.05) is 46.9 Å². The van der Waals surface area contributed by atoms with Crippen molar-refractivity contribution in [3.63, 3.8) is 0 Å². The summed E-state index contributed by atoms with van der Waals surface area (Å²) in [6.45, 7) is 7.55. The average molecular weight is 266 g/mol. The SMILES string of the molecule is CC1CC=C(CN(C)CC2CCOCCN2C)CC1. The molecule has 1 aliphatic carbocycles. The van der Waals surface area contributed by atoms with Crippen molar-refractivity contribution in [1.82, 2.24) is 9.80 Å². The van der Waals surface area contributed by atoms with Crippen LogP contribution in [0.2, 0.25) is 0 Å². The first-order valence-corrected chi connectivity index (χ1v) is 7.79. The average Bonchev–Trinajstić information content (AvgIpc) is 2.58. The molecule has 110 valence electrons. The van der Waals surface area contributed by atoms with Gasteiger partial charge in [0.25, 0.3) is 0 Å². The molecule has 19 heavy (non-hydrogen) atoms. The number of nitrogens with zero attached hydrogens (tertiary/aromatic N) is 2. The quantitative estimate of drug-likeness (QED) is 0.727. The molecule has 0 aromatic heterocycles. The monoisotopic (exact) mass is 266 g/mol. The number of hydrogen-bond donors (Lipinski definition) is 0. The highest BCUT2D eigenvalue weighted by Crippen LogP contribution is 2.23. The summed E-state index contributed by atoms with van der Waals surface area (Å²) >= 11 is 0. The fourth-order valence-corrected chi connectivity index (χ4v) is 3.10. The first kappa shape index (κ1) is 15.0. The zero-order chi connectivity index (χ0) is 13.7. The smallest absolute Gasteiger partial charge is 0.0593 e. The van der Waals surface area contributed by atoms with Gasteiger partial charge in [0.05, 0.1) is 6.61 Å². The van der Waals surface area contributed by atoms with Crippen molar-refractivity contribution < 1.29 is 4.74 Å². The van der Waals surface area contributed by atoms with Crippen LogP contribution in [0.3, 0.4) is 0 Å². The second-order valence-corrected chi connectivity index (χ2v) is 6.47. The lowest BCUT2D eigenvalue weighted by Crippen LogP contribution is -2.41. The van der Waals surface area contributed by atoms with Gasteiger partial charge in [0.15, 0.2) is 0 Å². The molecule has 0 N–H and O–H groups in total. The predicted molar refractivity (Wildman–Crippen MR) is 80.4 cm³/mol. The number of likely N-dealkylation sites (N-methyl/N-ethyl adjacent to an activating group) is 2. The summed E-state index contributed by atoms with van der Waals surface area (Å²) in [6.07, 6.45) is 7.59. The molecule has 0 aromatic rings. The standard InChI is InChI=1S/C16H30N2O/c1-14-4-6-15(7-5-14)12-17(2)13-16-8-10-19-11-9-18(16)3/h6,14,16H,4-5,7-13H2,1-3H3. The van der Waals surface area contributed by atoms with Crippen LogP contribution >= 0.6 is 0 Å². The Labute approximate surface area is 118 Å². The van der Waals surface area contributed by atoms with E-state index in [1.54, 1.807) is 5.57 Å². The van der Waals surface area contributed by atoms with E-state index in [0.717, 1.165) is 45.2 Å². The van der Waals surface area contributed by atoms with Gasteiger partial charge in [-0.2, -0.15) is 0 Å². The van der Waals surface area contributed by atoms with Crippen molar-refractivity contribution in [1.29, 1.82) is 0 Å². The minimum absolute atomic E-state index is 0.649. The lowest BCUT2D eigenvalue weighted by atomic mass is 9.91. The van der Waals surface area contributed by atoms with E-state index in [0.29, 0.717) is 6.04 Å². The van der Waals surface area contributed by atoms with E-state index in [9.17, 15) is 0 Å². The third-order valence-corrected chi connectivity index (χ3v) is 4.57. The van der Waals surface area contributed by atoms with Crippen molar-refractivity contribution in [3.8, 4) is 0 Å². The van der Waals surface area contributed by atoms with Crippen LogP contribution in [0.4, 0.5) is 0 Å². The third-order valence-electron chi connectivity index (χ3n) is 4.57. The molecule has 0 amide bonds. The maximum atomic E-state index is 5.57. The second-order valence-electron chi connectivity index (χ2n) is 6.47. The first-order chi connectivity index (χ1) is 9.15. The molecule has 0 saturated carbocycles. The number of ether oxygens (including phenoxy) is 1. The van der Waals surface area contributed by atoms with Crippen molar-refractivity contribution >= 4 is 0 Å². The van der Waals surface area contributed by atoms with Crippen molar-refractivity contribution in [3.05, 3.63) is 11.6 Å². The number of rotatable bonds is 4. The van der Waals surface area contributed by atoms with Gasteiger partial charge in [0.2, 0.25) is 0 Å². The molecular formula is C16H30N2O. The lowest BCUT2D eigenvalue weighted by molar-refractivity contribution is 0.144. The van der Waals surface area contributed by atoms with Crippen LogP contribution in [0.15, 0.2) is 11.6 Å². The Kier molecular flexibility index (Phi) is 5.86. The molecule has 2 rings (SSSR count). The fraction of sp³-hybridized carbons (Fsp3) is 0.875. The Hall–Kier alpha value is -0.380. The zero-order valence-electron chi connectivity index (χ0n) is 12.9. The van der Waals surface area contributed by atoms with Gasteiger partial charge in [-0.1, -0.05) is 18.6 Å². The van der Waals surface area contributed by atoms with Gasteiger partial charge in [0.1, 0.15) is 0 Å². The third kappa shape index (κ3) is 4.90. The van der Waals surface area contributed by atoms with E-state index >= 15 is 0 Å². The van der Waals surface area contributed by atoms with Crippen LogP contribution in [-0.4, -0.2) is 62.8 Å². The molecule has 0 spiro atoms. The summed E-state index contributed by atoms with van der Waals surface area (Å²) in [7, 11) is 4.49. The van der Waals surface area contributed by atoms with Gasteiger partial charge in [-0.05, 0) is 45.7 Å². The predicted octanol–water partition coefficient (Wildman–Crippen LogP) is 2.39. The van der Waals surface area contributed by atoms with Gasteiger partial charge in [-0.15, -0.1) is 0 Å². The normalized spacial score (nSPS) is 30.2. The summed E-state index contributed by atoms with van der Waals surface area (Å²) in [5, 5.41) is 0. The highest BCUT2D eigenvalue weighted by atomic mass is 16.5. The molecule has 0 aromatic carbocycles. The topological polar surface area (TPSA) is 15.7 Å². The van der Waals surface area contributed by atoms with Crippen molar-refractivity contribution in [2.45, 2.75) is 38.6 Å². The molecular weight excluding hydrogens is 236 g/mol. The molecule has 2 atom stereocenters. The van der Waals surface area contributed by atoms with E-state index < -0.39 is 0 Å². The summed E-state index contributed by atoms with van der Waals surface area (Å²) in [6, 6.07) is 0.649. The van der Waals surface area contributed by atoms with E-state index in [1.165, 1.54) is 19.3 Å². The second kappa shape index (κ2) is 7.41. The maximum Gasteiger partial charge on any atom is 0.0593 e. The maximum absolute atomic E-state index is 5.57. The van der Waals surface area contributed by atoms with Crippen LogP contribution in [0, 0.1) is 5.92 Å². The minimum Gasteiger partial charge on any atom is -0.380 e. The Balaban J connectivity index is 1.78. The van der Waals surface area contributed by atoms with Crippen LogP contribution in [0.25, 0.3) is 0 Å². The summed E-state index contributed by atoms with van der Waals surface area (Å²) in [4.78, 5) is 4.95. The van der Waals surface area contributed by atoms with Crippen LogP contribution in [-0.2, 0) is 4.74 Å². The van der Waals surface area contributed by atoms with E-state index in [4.69, 9.17) is 4.74 Å². The molecule has 0 bridgehead atoms. The lowest BCUT2D eigenvalue weighted by Gasteiger charge is -2.30. The van der Waals surface area contributed by atoms with Crippen LogP contribution < -0.4 is 0 Å². The van der Waals surface area contributed by atoms with Crippen LogP contribution in [0.1, 0.15) is 32.6 Å². The first-order valence-electron chi connectivity index (χ1n) is 7.79. The summed E-state index contributed by atoms with van der Waals surface area (Å²) in [5.74, 6) is 0.888. The molecule has 3 nitrogen and oxygen atoms in total. The van der Waals surface area contributed by atoms with Gasteiger partial charge in [-0.25, -0.2) is 0 Å². The Bertz CT molecular complexity index is 303. The molecule has 2 aliphatic rings. The zero-order valence-corrected chi connectivity index (χ0v) is 12.9.